The summed E-state index contributed by atoms with van der Waals surface area (Å²) in [6.07, 6.45) is 2.47. The summed E-state index contributed by atoms with van der Waals surface area (Å²) in [5, 5.41) is 2.53. The zero-order valence-electron chi connectivity index (χ0n) is 14.6. The van der Waals surface area contributed by atoms with Crippen molar-refractivity contribution in [1.29, 1.82) is 0 Å². The van der Waals surface area contributed by atoms with Crippen molar-refractivity contribution in [2.75, 3.05) is 19.4 Å². The van der Waals surface area contributed by atoms with E-state index in [1.165, 1.54) is 62.6 Å². The molecule has 0 aliphatic heterocycles. The van der Waals surface area contributed by atoms with Crippen LogP contribution in [0.4, 0.5) is 14.5 Å². The smallest absolute Gasteiger partial charge is 0.387 e. The zero-order chi connectivity index (χ0) is 20.0. The first kappa shape index (κ1) is 20.5. The molecule has 0 aromatic heterocycles. The Kier molecular flexibility index (Phi) is 6.65. The maximum absolute atomic E-state index is 12.4. The van der Waals surface area contributed by atoms with Crippen molar-refractivity contribution < 1.29 is 26.7 Å². The number of sulfonamides is 1. The number of alkyl halides is 2. The highest BCUT2D eigenvalue weighted by atomic mass is 32.2. The molecule has 144 valence electrons. The van der Waals surface area contributed by atoms with Gasteiger partial charge in [-0.1, -0.05) is 24.3 Å². The molecule has 2 rings (SSSR count). The summed E-state index contributed by atoms with van der Waals surface area (Å²) in [7, 11) is -0.821. The van der Waals surface area contributed by atoms with E-state index in [2.05, 4.69) is 10.1 Å². The molecule has 2 aromatic carbocycles. The summed E-state index contributed by atoms with van der Waals surface area (Å²) < 4.78 is 54.5. The van der Waals surface area contributed by atoms with E-state index in [-0.39, 0.29) is 16.3 Å². The van der Waals surface area contributed by atoms with Gasteiger partial charge in [0.2, 0.25) is 15.9 Å². The SMILES string of the molecule is CN(C)S(=O)(=O)c1cccc(NC(=O)C=Cc2ccccc2OC(F)F)c1. The zero-order valence-corrected chi connectivity index (χ0v) is 15.4. The van der Waals surface area contributed by atoms with E-state index in [1.54, 1.807) is 6.07 Å². The molecule has 27 heavy (non-hydrogen) atoms. The predicted molar refractivity (Wildman–Crippen MR) is 98.1 cm³/mol. The van der Waals surface area contributed by atoms with Gasteiger partial charge in [0, 0.05) is 31.4 Å². The molecule has 1 N–H and O–H groups in total. The summed E-state index contributed by atoms with van der Waals surface area (Å²) in [5.41, 5.74) is 0.585. The molecule has 0 aliphatic rings. The lowest BCUT2D eigenvalue weighted by Crippen LogP contribution is -2.22. The maximum atomic E-state index is 12.4. The number of hydrogen-bond acceptors (Lipinski definition) is 4. The molecule has 9 heteroatoms. The number of amides is 1. The van der Waals surface area contributed by atoms with E-state index in [0.29, 0.717) is 5.56 Å². The van der Waals surface area contributed by atoms with E-state index >= 15 is 0 Å². The Morgan fingerprint density at radius 3 is 2.52 bits per heavy atom. The highest BCUT2D eigenvalue weighted by Crippen LogP contribution is 2.22. The first-order valence-corrected chi connectivity index (χ1v) is 9.19. The lowest BCUT2D eigenvalue weighted by atomic mass is 10.2. The monoisotopic (exact) mass is 396 g/mol. The van der Waals surface area contributed by atoms with Gasteiger partial charge < -0.3 is 10.1 Å². The predicted octanol–water partition coefficient (Wildman–Crippen LogP) is 3.19. The number of halogens is 2. The van der Waals surface area contributed by atoms with Crippen LogP contribution in [0, 0.1) is 0 Å². The van der Waals surface area contributed by atoms with Gasteiger partial charge in [0.25, 0.3) is 0 Å². The molecule has 0 spiro atoms. The van der Waals surface area contributed by atoms with Gasteiger partial charge >= 0.3 is 6.61 Å². The molecule has 0 heterocycles. The Morgan fingerprint density at radius 2 is 1.85 bits per heavy atom. The van der Waals surface area contributed by atoms with Crippen LogP contribution in [0.2, 0.25) is 0 Å². The molecule has 0 unspecified atom stereocenters. The number of carbonyl (C=O) groups excluding carboxylic acids is 1. The van der Waals surface area contributed by atoms with Crippen LogP contribution in [0.25, 0.3) is 6.08 Å². The quantitative estimate of drug-likeness (QED) is 0.730. The Bertz CT molecular complexity index is 944. The van der Waals surface area contributed by atoms with Crippen LogP contribution in [-0.4, -0.2) is 39.3 Å². The van der Waals surface area contributed by atoms with Crippen LogP contribution < -0.4 is 10.1 Å². The molecule has 0 radical (unpaired) electrons. The van der Waals surface area contributed by atoms with Crippen molar-refractivity contribution in [1.82, 2.24) is 4.31 Å². The molecule has 1 amide bonds. The summed E-state index contributed by atoms with van der Waals surface area (Å²) in [6.45, 7) is -2.98. The minimum Gasteiger partial charge on any atom is -0.434 e. The third-order valence-corrected chi connectivity index (χ3v) is 5.24. The number of nitrogens with zero attached hydrogens (tertiary/aromatic N) is 1. The van der Waals surface area contributed by atoms with Gasteiger partial charge in [-0.05, 0) is 30.3 Å². The minimum atomic E-state index is -3.63. The fraction of sp³-hybridized carbons (Fsp3) is 0.167. The molecule has 0 fully saturated rings. The van der Waals surface area contributed by atoms with Crippen LogP contribution in [0.5, 0.6) is 5.75 Å². The minimum absolute atomic E-state index is 0.0324. The number of rotatable bonds is 7. The van der Waals surface area contributed by atoms with Crippen LogP contribution >= 0.6 is 0 Å². The summed E-state index contributed by atoms with van der Waals surface area (Å²) in [4.78, 5) is 12.1. The lowest BCUT2D eigenvalue weighted by molar-refractivity contribution is -0.111. The fourth-order valence-corrected chi connectivity index (χ4v) is 3.06. The van der Waals surface area contributed by atoms with Crippen molar-refractivity contribution in [2.24, 2.45) is 0 Å². The van der Waals surface area contributed by atoms with Crippen LogP contribution in [0.1, 0.15) is 5.56 Å². The third-order valence-electron chi connectivity index (χ3n) is 3.43. The van der Waals surface area contributed by atoms with Crippen molar-refractivity contribution >= 4 is 27.7 Å². The number of benzene rings is 2. The van der Waals surface area contributed by atoms with E-state index in [0.717, 1.165) is 10.4 Å². The molecule has 0 atom stereocenters. The van der Waals surface area contributed by atoms with Crippen molar-refractivity contribution in [2.45, 2.75) is 11.5 Å². The Balaban J connectivity index is 2.14. The van der Waals surface area contributed by atoms with E-state index in [1.807, 2.05) is 0 Å². The highest BCUT2D eigenvalue weighted by molar-refractivity contribution is 7.89. The van der Waals surface area contributed by atoms with Gasteiger partial charge in [0.15, 0.2) is 0 Å². The topological polar surface area (TPSA) is 75.7 Å². The number of hydrogen-bond donors (Lipinski definition) is 1. The normalized spacial score (nSPS) is 11.9. The molecule has 6 nitrogen and oxygen atoms in total. The second kappa shape index (κ2) is 8.74. The van der Waals surface area contributed by atoms with Gasteiger partial charge in [-0.25, -0.2) is 12.7 Å². The number of ether oxygens (including phenoxy) is 1. The van der Waals surface area contributed by atoms with E-state index < -0.39 is 22.5 Å². The number of nitrogens with one attached hydrogen (secondary N) is 1. The first-order valence-electron chi connectivity index (χ1n) is 7.75. The third kappa shape index (κ3) is 5.60. The molecule has 2 aromatic rings. The van der Waals surface area contributed by atoms with Crippen molar-refractivity contribution in [3.63, 3.8) is 0 Å². The highest BCUT2D eigenvalue weighted by Gasteiger charge is 2.17. The molecule has 0 saturated carbocycles. The Labute approximate surface area is 156 Å². The average Bonchev–Trinajstić information content (AvgIpc) is 2.60. The molecule has 0 bridgehead atoms. The van der Waals surface area contributed by atoms with Gasteiger partial charge in [0.05, 0.1) is 4.90 Å². The fourth-order valence-electron chi connectivity index (χ4n) is 2.12. The number of para-hydroxylation sites is 1. The molecule has 0 aliphatic carbocycles. The molecule has 0 saturated heterocycles. The largest absolute Gasteiger partial charge is 0.434 e. The van der Waals surface area contributed by atoms with Gasteiger partial charge in [-0.15, -0.1) is 0 Å². The summed E-state index contributed by atoms with van der Waals surface area (Å²) >= 11 is 0. The molecular weight excluding hydrogens is 378 g/mol. The summed E-state index contributed by atoms with van der Waals surface area (Å²) in [5.74, 6) is -0.614. The van der Waals surface area contributed by atoms with Crippen molar-refractivity contribution in [3.05, 3.63) is 60.2 Å². The summed E-state index contributed by atoms with van der Waals surface area (Å²) in [6, 6.07) is 11.8. The van der Waals surface area contributed by atoms with E-state index in [9.17, 15) is 22.0 Å². The second-order valence-electron chi connectivity index (χ2n) is 5.55. The van der Waals surface area contributed by atoms with Crippen LogP contribution in [0.3, 0.4) is 0 Å². The lowest BCUT2D eigenvalue weighted by Gasteiger charge is -2.12. The van der Waals surface area contributed by atoms with Gasteiger partial charge in [0.1, 0.15) is 5.75 Å². The standard InChI is InChI=1S/C18H18F2N2O4S/c1-22(2)27(24,25)15-8-5-7-14(12-15)21-17(23)11-10-13-6-3-4-9-16(13)26-18(19)20/h3-12,18H,1-2H3,(H,21,23). The van der Waals surface area contributed by atoms with Crippen molar-refractivity contribution in [3.8, 4) is 5.75 Å². The first-order chi connectivity index (χ1) is 12.7. The molecular formula is C18H18F2N2O4S. The number of carbonyl (C=O) groups is 1. The van der Waals surface area contributed by atoms with Gasteiger partial charge in [-0.2, -0.15) is 8.78 Å². The van der Waals surface area contributed by atoms with Crippen LogP contribution in [-0.2, 0) is 14.8 Å². The maximum Gasteiger partial charge on any atom is 0.387 e. The van der Waals surface area contributed by atoms with Crippen LogP contribution in [0.15, 0.2) is 59.5 Å². The number of anilines is 1. The van der Waals surface area contributed by atoms with Gasteiger partial charge in [-0.3, -0.25) is 4.79 Å². The van der Waals surface area contributed by atoms with E-state index in [4.69, 9.17) is 0 Å². The average molecular weight is 396 g/mol. The second-order valence-corrected chi connectivity index (χ2v) is 7.71. The Hall–Kier alpha value is -2.78. The Morgan fingerprint density at radius 1 is 1.15 bits per heavy atom.